The van der Waals surface area contributed by atoms with Gasteiger partial charge in [-0.2, -0.15) is 0 Å². The molecule has 1 saturated heterocycles. The van der Waals surface area contributed by atoms with Crippen molar-refractivity contribution in [1.29, 1.82) is 0 Å². The average molecular weight is 422 g/mol. The van der Waals surface area contributed by atoms with Crippen molar-refractivity contribution in [3.05, 3.63) is 65.2 Å². The lowest BCUT2D eigenvalue weighted by molar-refractivity contribution is -0.139. The van der Waals surface area contributed by atoms with Crippen LogP contribution in [-0.4, -0.2) is 53.7 Å². The fourth-order valence-electron chi connectivity index (χ4n) is 3.55. The molecule has 0 radical (unpaired) electrons. The zero-order valence-corrected chi connectivity index (χ0v) is 18.1. The van der Waals surface area contributed by atoms with Crippen molar-refractivity contribution in [2.24, 2.45) is 0 Å². The molecule has 1 heterocycles. The van der Waals surface area contributed by atoms with Crippen molar-refractivity contribution in [2.75, 3.05) is 25.5 Å². The molecule has 8 nitrogen and oxygen atoms in total. The first kappa shape index (κ1) is 22.0. The zero-order valence-electron chi connectivity index (χ0n) is 18.1. The van der Waals surface area contributed by atoms with Crippen LogP contribution in [0.25, 0.3) is 0 Å². The fourth-order valence-corrected chi connectivity index (χ4v) is 3.55. The number of carbonyl (C=O) groups excluding carboxylic acids is 4. The van der Waals surface area contributed by atoms with Gasteiger partial charge in [0.05, 0.1) is 6.54 Å². The van der Waals surface area contributed by atoms with Crippen LogP contribution in [0.5, 0.6) is 0 Å². The average Bonchev–Trinajstić information content (AvgIpc) is 2.93. The molecule has 2 aromatic carbocycles. The van der Waals surface area contributed by atoms with Gasteiger partial charge in [0.1, 0.15) is 12.1 Å². The second kappa shape index (κ2) is 8.59. The zero-order chi connectivity index (χ0) is 22.8. The normalized spacial score (nSPS) is 18.0. The van der Waals surface area contributed by atoms with E-state index in [1.807, 2.05) is 38.1 Å². The van der Waals surface area contributed by atoms with Gasteiger partial charge in [0.2, 0.25) is 11.8 Å². The molecule has 2 aromatic rings. The molecule has 0 aromatic heterocycles. The smallest absolute Gasteiger partial charge is 0.325 e. The van der Waals surface area contributed by atoms with Gasteiger partial charge in [-0.25, -0.2) is 4.79 Å². The highest BCUT2D eigenvalue weighted by Gasteiger charge is 2.50. The fraction of sp³-hybridized carbons (Fsp3) is 0.304. The van der Waals surface area contributed by atoms with Gasteiger partial charge < -0.3 is 15.5 Å². The number of carbonyl (C=O) groups is 4. The van der Waals surface area contributed by atoms with Crippen LogP contribution in [0.2, 0.25) is 0 Å². The molecule has 1 unspecified atom stereocenters. The van der Waals surface area contributed by atoms with Gasteiger partial charge in [0.25, 0.3) is 5.91 Å². The topological polar surface area (TPSA) is 98.8 Å². The van der Waals surface area contributed by atoms with Crippen LogP contribution in [0, 0.1) is 13.8 Å². The highest BCUT2D eigenvalue weighted by atomic mass is 16.2. The summed E-state index contributed by atoms with van der Waals surface area (Å²) in [5.74, 6) is -1.39. The molecule has 0 aliphatic carbocycles. The van der Waals surface area contributed by atoms with E-state index in [-0.39, 0.29) is 12.5 Å². The summed E-state index contributed by atoms with van der Waals surface area (Å²) >= 11 is 0. The molecule has 31 heavy (non-hydrogen) atoms. The Morgan fingerprint density at radius 2 is 1.71 bits per heavy atom. The highest BCUT2D eigenvalue weighted by Crippen LogP contribution is 2.30. The Morgan fingerprint density at radius 3 is 2.35 bits per heavy atom. The number of benzene rings is 2. The lowest BCUT2D eigenvalue weighted by Gasteiger charge is -2.24. The number of aryl methyl sites for hydroxylation is 2. The van der Waals surface area contributed by atoms with Crippen molar-refractivity contribution in [2.45, 2.75) is 26.3 Å². The highest BCUT2D eigenvalue weighted by molar-refractivity contribution is 6.09. The van der Waals surface area contributed by atoms with Crippen molar-refractivity contribution in [3.63, 3.8) is 0 Å². The van der Waals surface area contributed by atoms with Gasteiger partial charge in [-0.05, 0) is 44.0 Å². The molecule has 0 saturated carbocycles. The SMILES string of the molecule is Cc1ccc(NC(=O)CN(C)C(=O)CN2C(=O)NC(C)(c3ccccc3C)C2=O)cc1. The predicted molar refractivity (Wildman–Crippen MR) is 116 cm³/mol. The van der Waals surface area contributed by atoms with Crippen LogP contribution in [0.3, 0.4) is 0 Å². The Morgan fingerprint density at radius 1 is 1.06 bits per heavy atom. The first-order valence-corrected chi connectivity index (χ1v) is 9.92. The second-order valence-electron chi connectivity index (χ2n) is 7.93. The van der Waals surface area contributed by atoms with Gasteiger partial charge in [0.15, 0.2) is 0 Å². The van der Waals surface area contributed by atoms with Crippen LogP contribution < -0.4 is 10.6 Å². The van der Waals surface area contributed by atoms with Crippen LogP contribution >= 0.6 is 0 Å². The molecule has 5 amide bonds. The van der Waals surface area contributed by atoms with E-state index in [4.69, 9.17) is 0 Å². The maximum absolute atomic E-state index is 13.0. The summed E-state index contributed by atoms with van der Waals surface area (Å²) in [4.78, 5) is 52.4. The first-order valence-electron chi connectivity index (χ1n) is 9.92. The molecule has 2 N–H and O–H groups in total. The minimum atomic E-state index is -1.25. The van der Waals surface area contributed by atoms with Gasteiger partial charge >= 0.3 is 6.03 Å². The maximum Gasteiger partial charge on any atom is 0.325 e. The van der Waals surface area contributed by atoms with E-state index < -0.39 is 29.9 Å². The summed E-state index contributed by atoms with van der Waals surface area (Å²) < 4.78 is 0. The number of amides is 5. The second-order valence-corrected chi connectivity index (χ2v) is 7.93. The Kier molecular flexibility index (Phi) is 6.10. The largest absolute Gasteiger partial charge is 0.335 e. The van der Waals surface area contributed by atoms with E-state index in [1.54, 1.807) is 31.2 Å². The van der Waals surface area contributed by atoms with Crippen molar-refractivity contribution in [1.82, 2.24) is 15.1 Å². The van der Waals surface area contributed by atoms with E-state index in [9.17, 15) is 19.2 Å². The van der Waals surface area contributed by atoms with E-state index in [0.29, 0.717) is 11.3 Å². The van der Waals surface area contributed by atoms with Crippen molar-refractivity contribution < 1.29 is 19.2 Å². The third-order valence-corrected chi connectivity index (χ3v) is 5.39. The molecule has 162 valence electrons. The van der Waals surface area contributed by atoms with E-state index >= 15 is 0 Å². The summed E-state index contributed by atoms with van der Waals surface area (Å²) in [6.45, 7) is 4.77. The number of anilines is 1. The lowest BCUT2D eigenvalue weighted by Crippen LogP contribution is -2.45. The summed E-state index contributed by atoms with van der Waals surface area (Å²) in [6.07, 6.45) is 0. The predicted octanol–water partition coefficient (Wildman–Crippen LogP) is 2.17. The summed E-state index contributed by atoms with van der Waals surface area (Å²) in [5.41, 5.74) is 1.98. The number of hydrogen-bond donors (Lipinski definition) is 2. The van der Waals surface area contributed by atoms with Gasteiger partial charge in [0, 0.05) is 12.7 Å². The minimum Gasteiger partial charge on any atom is -0.335 e. The number of imide groups is 1. The molecule has 1 aliphatic rings. The molecule has 1 aliphatic heterocycles. The third kappa shape index (κ3) is 4.58. The molecule has 1 fully saturated rings. The molecular formula is C23H26N4O4. The van der Waals surface area contributed by atoms with Crippen molar-refractivity contribution in [3.8, 4) is 0 Å². The van der Waals surface area contributed by atoms with Crippen LogP contribution in [0.15, 0.2) is 48.5 Å². The first-order chi connectivity index (χ1) is 14.6. The Labute approximate surface area is 181 Å². The van der Waals surface area contributed by atoms with Gasteiger partial charge in [-0.15, -0.1) is 0 Å². The van der Waals surface area contributed by atoms with Gasteiger partial charge in [-0.1, -0.05) is 42.0 Å². The number of rotatable bonds is 6. The monoisotopic (exact) mass is 422 g/mol. The van der Waals surface area contributed by atoms with E-state index in [0.717, 1.165) is 16.0 Å². The standard InChI is InChI=1S/C23H26N4O4/c1-15-9-11-17(12-10-15)24-19(28)13-26(4)20(29)14-27-21(30)23(3,25-22(27)31)18-8-6-5-7-16(18)2/h5-12H,13-14H2,1-4H3,(H,24,28)(H,25,31). The summed E-state index contributed by atoms with van der Waals surface area (Å²) in [7, 11) is 1.45. The maximum atomic E-state index is 13.0. The van der Waals surface area contributed by atoms with E-state index in [1.165, 1.54) is 11.9 Å². The number of urea groups is 1. The summed E-state index contributed by atoms with van der Waals surface area (Å²) in [6, 6.07) is 13.9. The molecule has 0 spiro atoms. The van der Waals surface area contributed by atoms with Crippen LogP contribution in [-0.2, 0) is 19.9 Å². The third-order valence-electron chi connectivity index (χ3n) is 5.39. The molecule has 1 atom stereocenters. The van der Waals surface area contributed by atoms with Crippen LogP contribution in [0.4, 0.5) is 10.5 Å². The van der Waals surface area contributed by atoms with Crippen molar-refractivity contribution >= 4 is 29.4 Å². The number of hydrogen-bond acceptors (Lipinski definition) is 4. The Hall–Kier alpha value is -3.68. The number of likely N-dealkylation sites (N-methyl/N-ethyl adjacent to an activating group) is 1. The van der Waals surface area contributed by atoms with E-state index in [2.05, 4.69) is 10.6 Å². The minimum absolute atomic E-state index is 0.203. The van der Waals surface area contributed by atoms with Crippen LogP contribution in [0.1, 0.15) is 23.6 Å². The molecule has 8 heteroatoms. The number of nitrogens with one attached hydrogen (secondary N) is 2. The Bertz CT molecular complexity index is 1030. The lowest BCUT2D eigenvalue weighted by atomic mass is 9.88. The quantitative estimate of drug-likeness (QED) is 0.697. The number of nitrogens with zero attached hydrogens (tertiary/aromatic N) is 2. The molecule has 3 rings (SSSR count). The van der Waals surface area contributed by atoms with Gasteiger partial charge in [-0.3, -0.25) is 19.3 Å². The summed E-state index contributed by atoms with van der Waals surface area (Å²) in [5, 5.41) is 5.41. The Balaban J connectivity index is 1.63. The molecule has 0 bridgehead atoms. The molecular weight excluding hydrogens is 396 g/mol.